The van der Waals surface area contributed by atoms with Crippen LogP contribution in [0.2, 0.25) is 0 Å². The molecule has 32 heavy (non-hydrogen) atoms. The quantitative estimate of drug-likeness (QED) is 0.362. The molecule has 176 valence electrons. The highest BCUT2D eigenvalue weighted by atomic mass is 32.2. The predicted octanol–water partition coefficient (Wildman–Crippen LogP) is 0.159. The Kier molecular flexibility index (Phi) is 9.92. The summed E-state index contributed by atoms with van der Waals surface area (Å²) in [5, 5.41) is 23.5. The Bertz CT molecular complexity index is 840. The number of nitrogens with zero attached hydrogens (tertiary/aromatic N) is 1. The van der Waals surface area contributed by atoms with E-state index in [9.17, 15) is 33.8 Å². The molecule has 1 saturated heterocycles. The van der Waals surface area contributed by atoms with Crippen molar-refractivity contribution in [3.05, 3.63) is 35.6 Å². The first kappa shape index (κ1) is 25.6. The van der Waals surface area contributed by atoms with E-state index in [0.29, 0.717) is 25.1 Å². The zero-order valence-electron chi connectivity index (χ0n) is 17.8. The summed E-state index contributed by atoms with van der Waals surface area (Å²) >= 11 is 1.43. The van der Waals surface area contributed by atoms with Gasteiger partial charge in [0.1, 0.15) is 23.9 Å². The highest BCUT2D eigenvalue weighted by Crippen LogP contribution is 2.20. The van der Waals surface area contributed by atoms with Gasteiger partial charge in [0.2, 0.25) is 17.7 Å². The third kappa shape index (κ3) is 6.92. The van der Waals surface area contributed by atoms with Crippen LogP contribution < -0.4 is 10.6 Å². The number of halogens is 1. The van der Waals surface area contributed by atoms with Crippen LogP contribution in [0.3, 0.4) is 0 Å². The van der Waals surface area contributed by atoms with Gasteiger partial charge < -0.3 is 25.7 Å². The maximum Gasteiger partial charge on any atom is 0.326 e. The van der Waals surface area contributed by atoms with Crippen molar-refractivity contribution in [3.8, 4) is 0 Å². The molecule has 0 bridgehead atoms. The van der Waals surface area contributed by atoms with Crippen molar-refractivity contribution in [2.24, 2.45) is 0 Å². The molecule has 0 radical (unpaired) electrons. The molecule has 0 saturated carbocycles. The fraction of sp³-hybridized carbons (Fsp3) is 0.524. The zero-order valence-corrected chi connectivity index (χ0v) is 18.6. The fourth-order valence-electron chi connectivity index (χ4n) is 3.47. The highest BCUT2D eigenvalue weighted by molar-refractivity contribution is 7.98. The topological polar surface area (TPSA) is 136 Å². The summed E-state index contributed by atoms with van der Waals surface area (Å²) < 4.78 is 13.9. The van der Waals surface area contributed by atoms with E-state index in [0.717, 1.165) is 0 Å². The Morgan fingerprint density at radius 2 is 1.94 bits per heavy atom. The van der Waals surface area contributed by atoms with Crippen LogP contribution >= 0.6 is 11.8 Å². The van der Waals surface area contributed by atoms with Crippen molar-refractivity contribution in [1.82, 2.24) is 15.5 Å². The van der Waals surface area contributed by atoms with Crippen molar-refractivity contribution in [1.29, 1.82) is 0 Å². The van der Waals surface area contributed by atoms with Crippen molar-refractivity contribution in [3.63, 3.8) is 0 Å². The number of nitrogens with one attached hydrogen (secondary N) is 2. The molecule has 9 nitrogen and oxygen atoms in total. The van der Waals surface area contributed by atoms with E-state index in [1.165, 1.54) is 34.9 Å². The van der Waals surface area contributed by atoms with E-state index in [-0.39, 0.29) is 18.4 Å². The van der Waals surface area contributed by atoms with Crippen molar-refractivity contribution in [2.75, 3.05) is 25.2 Å². The fourth-order valence-corrected chi connectivity index (χ4v) is 3.94. The van der Waals surface area contributed by atoms with Gasteiger partial charge in [-0.05, 0) is 42.9 Å². The summed E-state index contributed by atoms with van der Waals surface area (Å²) in [6.07, 6.45) is 2.72. The van der Waals surface area contributed by atoms with E-state index in [2.05, 4.69) is 10.6 Å². The summed E-state index contributed by atoms with van der Waals surface area (Å²) in [6.45, 7) is -0.417. The maximum atomic E-state index is 13.9. The van der Waals surface area contributed by atoms with Crippen LogP contribution in [-0.4, -0.2) is 82.1 Å². The molecule has 1 aliphatic rings. The summed E-state index contributed by atoms with van der Waals surface area (Å²) in [4.78, 5) is 50.5. The Labute approximate surface area is 189 Å². The maximum absolute atomic E-state index is 13.9. The standard InChI is InChI=1S/C21H28FN3O6S/c1-32-10-8-15(21(30)31)23-19(28)16(12-26)24-20(29)17-7-4-9-25(17)18(27)11-13-5-2-3-6-14(13)22/h2-3,5-6,15-17,26H,4,7-12H2,1H3,(H,23,28)(H,24,29)(H,30,31)/t15-,16-,17-/m0/s1. The summed E-state index contributed by atoms with van der Waals surface area (Å²) in [7, 11) is 0. The number of benzene rings is 1. The molecule has 0 spiro atoms. The van der Waals surface area contributed by atoms with Crippen LogP contribution in [0.5, 0.6) is 0 Å². The van der Waals surface area contributed by atoms with Crippen LogP contribution in [0.15, 0.2) is 24.3 Å². The second-order valence-corrected chi connectivity index (χ2v) is 8.42. The highest BCUT2D eigenvalue weighted by Gasteiger charge is 2.36. The average molecular weight is 470 g/mol. The zero-order chi connectivity index (χ0) is 23.7. The number of aliphatic carboxylic acids is 1. The van der Waals surface area contributed by atoms with Crippen LogP contribution in [0.25, 0.3) is 0 Å². The third-order valence-electron chi connectivity index (χ3n) is 5.22. The SMILES string of the molecule is CSCC[C@H](NC(=O)[C@H](CO)NC(=O)[C@@H]1CCCN1C(=O)Cc1ccccc1F)C(=O)O. The van der Waals surface area contributed by atoms with Gasteiger partial charge in [-0.15, -0.1) is 0 Å². The number of carboxylic acids is 1. The Morgan fingerprint density at radius 1 is 1.22 bits per heavy atom. The van der Waals surface area contributed by atoms with E-state index < -0.39 is 54.2 Å². The number of carboxylic acid groups (broad SMARTS) is 1. The molecular weight excluding hydrogens is 441 g/mol. The van der Waals surface area contributed by atoms with Crippen molar-refractivity contribution >= 4 is 35.5 Å². The van der Waals surface area contributed by atoms with E-state index in [1.54, 1.807) is 12.3 Å². The minimum atomic E-state index is -1.36. The van der Waals surface area contributed by atoms with Crippen LogP contribution in [0, 0.1) is 5.82 Å². The van der Waals surface area contributed by atoms with Crippen molar-refractivity contribution in [2.45, 2.75) is 43.8 Å². The number of likely N-dealkylation sites (tertiary alicyclic amines) is 1. The Hall–Kier alpha value is -2.66. The van der Waals surface area contributed by atoms with Gasteiger partial charge in [-0.3, -0.25) is 14.4 Å². The second-order valence-electron chi connectivity index (χ2n) is 7.44. The molecule has 1 aromatic rings. The van der Waals surface area contributed by atoms with Gasteiger partial charge in [-0.25, -0.2) is 9.18 Å². The molecule has 1 aliphatic heterocycles. The van der Waals surface area contributed by atoms with Gasteiger partial charge in [0, 0.05) is 6.54 Å². The lowest BCUT2D eigenvalue weighted by Crippen LogP contribution is -2.56. The number of thioether (sulfide) groups is 1. The smallest absolute Gasteiger partial charge is 0.326 e. The van der Waals surface area contributed by atoms with Gasteiger partial charge in [0.05, 0.1) is 13.0 Å². The monoisotopic (exact) mass is 469 g/mol. The number of carbonyl (C=O) groups excluding carboxylic acids is 3. The lowest BCUT2D eigenvalue weighted by molar-refractivity contribution is -0.143. The molecule has 1 aromatic carbocycles. The molecule has 2 rings (SSSR count). The van der Waals surface area contributed by atoms with Gasteiger partial charge in [-0.1, -0.05) is 18.2 Å². The Balaban J connectivity index is 2.00. The molecular formula is C21H28FN3O6S. The molecule has 3 atom stereocenters. The molecule has 3 amide bonds. The lowest BCUT2D eigenvalue weighted by atomic mass is 10.1. The van der Waals surface area contributed by atoms with Gasteiger partial charge in [0.25, 0.3) is 0 Å². The summed E-state index contributed by atoms with van der Waals surface area (Å²) in [6, 6.07) is 2.53. The van der Waals surface area contributed by atoms with E-state index in [1.807, 2.05) is 0 Å². The molecule has 4 N–H and O–H groups in total. The van der Waals surface area contributed by atoms with Crippen LogP contribution in [-0.2, 0) is 25.6 Å². The average Bonchev–Trinajstić information content (AvgIpc) is 3.26. The molecule has 0 aliphatic carbocycles. The number of aliphatic hydroxyl groups excluding tert-OH is 1. The van der Waals surface area contributed by atoms with Crippen LogP contribution in [0.1, 0.15) is 24.8 Å². The molecule has 11 heteroatoms. The molecule has 1 fully saturated rings. The number of aliphatic hydroxyl groups is 1. The normalized spacial score (nSPS) is 17.5. The predicted molar refractivity (Wildman–Crippen MR) is 116 cm³/mol. The molecule has 0 aromatic heterocycles. The third-order valence-corrected chi connectivity index (χ3v) is 5.86. The van der Waals surface area contributed by atoms with Gasteiger partial charge in [0.15, 0.2) is 0 Å². The molecule has 1 heterocycles. The summed E-state index contributed by atoms with van der Waals surface area (Å²) in [5.41, 5.74) is 0.223. The number of rotatable bonds is 11. The minimum Gasteiger partial charge on any atom is -0.480 e. The number of carbonyl (C=O) groups is 4. The van der Waals surface area contributed by atoms with Gasteiger partial charge in [-0.2, -0.15) is 11.8 Å². The first-order chi connectivity index (χ1) is 15.3. The largest absolute Gasteiger partial charge is 0.480 e. The number of hydrogen-bond donors (Lipinski definition) is 4. The number of amides is 3. The first-order valence-electron chi connectivity index (χ1n) is 10.2. The second kappa shape index (κ2) is 12.4. The first-order valence-corrected chi connectivity index (χ1v) is 11.6. The summed E-state index contributed by atoms with van der Waals surface area (Å²) in [5.74, 6) is -3.08. The van der Waals surface area contributed by atoms with Crippen molar-refractivity contribution < 1.29 is 33.8 Å². The lowest BCUT2D eigenvalue weighted by Gasteiger charge is -2.26. The van der Waals surface area contributed by atoms with Crippen LogP contribution in [0.4, 0.5) is 4.39 Å². The Morgan fingerprint density at radius 3 is 2.56 bits per heavy atom. The minimum absolute atomic E-state index is 0.190. The molecule has 0 unspecified atom stereocenters. The number of hydrogen-bond acceptors (Lipinski definition) is 6. The van der Waals surface area contributed by atoms with E-state index >= 15 is 0 Å². The van der Waals surface area contributed by atoms with Gasteiger partial charge >= 0.3 is 5.97 Å². The van der Waals surface area contributed by atoms with E-state index in [4.69, 9.17) is 0 Å².